The number of nitrogens with one attached hydrogen (secondary N) is 2. The van der Waals surface area contributed by atoms with Gasteiger partial charge in [0.25, 0.3) is 0 Å². The fourth-order valence-corrected chi connectivity index (χ4v) is 4.80. The van der Waals surface area contributed by atoms with Gasteiger partial charge in [0.15, 0.2) is 0 Å². The summed E-state index contributed by atoms with van der Waals surface area (Å²) in [5.41, 5.74) is 1.35. The normalized spacial score (nSPS) is 14.6. The van der Waals surface area contributed by atoms with Crippen LogP contribution in [0.25, 0.3) is 0 Å². The minimum absolute atomic E-state index is 0. The van der Waals surface area contributed by atoms with Gasteiger partial charge in [-0.1, -0.05) is 96.1 Å². The molecule has 0 atom stereocenters. The Labute approximate surface area is 220 Å². The second-order valence-corrected chi connectivity index (χ2v) is 9.67. The standard InChI is InChI=1S/C22H38N2O3S.K/c1-2-3-4-5-6-7-8-9-10-11-12-13-16-19-22(28(25,26)27)23-20-17-14-15-18-21(20)24-22;/h14-15,17-18,23-24H,2-13,16,19H2,1H3,(H,25,26,27);/q;+1/p-1. The number of fused-ring (bicyclic) bond motifs is 1. The second kappa shape index (κ2) is 14.4. The average molecular weight is 449 g/mol. The molecule has 2 N–H and O–H groups in total. The molecule has 0 spiro atoms. The third-order valence-electron chi connectivity index (χ3n) is 5.66. The van der Waals surface area contributed by atoms with E-state index in [1.807, 2.05) is 12.1 Å². The Balaban J connectivity index is 0.00000420. The molecule has 1 aliphatic heterocycles. The summed E-state index contributed by atoms with van der Waals surface area (Å²) in [7, 11) is -4.52. The maximum atomic E-state index is 11.9. The Hall–Kier alpha value is 0.366. The van der Waals surface area contributed by atoms with Crippen LogP contribution in [0, 0.1) is 0 Å². The van der Waals surface area contributed by atoms with Crippen LogP contribution in [0.3, 0.4) is 0 Å². The van der Waals surface area contributed by atoms with Gasteiger partial charge in [0.05, 0.1) is 11.4 Å². The van der Waals surface area contributed by atoms with Gasteiger partial charge in [-0.25, -0.2) is 8.42 Å². The van der Waals surface area contributed by atoms with E-state index < -0.39 is 15.1 Å². The minimum atomic E-state index is -4.52. The molecular formula is C22H37KN2O3S. The molecule has 0 bridgehead atoms. The SMILES string of the molecule is CCCCCCCCCCCCCCCC1(S(=O)(=O)[O-])Nc2ccccc2N1.[K+]. The summed E-state index contributed by atoms with van der Waals surface area (Å²) in [4.78, 5) is -1.60. The van der Waals surface area contributed by atoms with Crippen molar-refractivity contribution in [3.8, 4) is 0 Å². The van der Waals surface area contributed by atoms with E-state index in [-0.39, 0.29) is 57.8 Å². The summed E-state index contributed by atoms with van der Waals surface area (Å²) < 4.78 is 35.7. The van der Waals surface area contributed by atoms with Crippen LogP contribution in [-0.4, -0.2) is 18.0 Å². The van der Waals surface area contributed by atoms with Crippen molar-refractivity contribution >= 4 is 21.5 Å². The maximum absolute atomic E-state index is 11.9. The zero-order valence-corrected chi connectivity index (χ0v) is 22.3. The quantitative estimate of drug-likeness (QED) is 0.245. The van der Waals surface area contributed by atoms with Gasteiger partial charge in [0, 0.05) is 6.42 Å². The van der Waals surface area contributed by atoms with Crippen molar-refractivity contribution in [2.75, 3.05) is 10.6 Å². The molecule has 0 fully saturated rings. The van der Waals surface area contributed by atoms with E-state index in [0.717, 1.165) is 12.8 Å². The van der Waals surface area contributed by atoms with E-state index in [2.05, 4.69) is 17.6 Å². The van der Waals surface area contributed by atoms with Gasteiger partial charge in [0.2, 0.25) is 4.99 Å². The fourth-order valence-electron chi connectivity index (χ4n) is 3.93. The van der Waals surface area contributed by atoms with Crippen LogP contribution in [0.1, 0.15) is 96.8 Å². The summed E-state index contributed by atoms with van der Waals surface area (Å²) in [6, 6.07) is 7.23. The summed E-state index contributed by atoms with van der Waals surface area (Å²) in [5.74, 6) is 0. The van der Waals surface area contributed by atoms with Crippen molar-refractivity contribution < 1.29 is 64.4 Å². The predicted octanol–water partition coefficient (Wildman–Crippen LogP) is 3.21. The first-order valence-electron chi connectivity index (χ1n) is 11.1. The Morgan fingerprint density at radius 1 is 0.759 bits per heavy atom. The molecular weight excluding hydrogens is 411 g/mol. The third kappa shape index (κ3) is 9.17. The largest absolute Gasteiger partial charge is 1.00 e. The van der Waals surface area contributed by atoms with Gasteiger partial charge in [-0.15, -0.1) is 0 Å². The molecule has 1 aromatic rings. The molecule has 2 rings (SSSR count). The van der Waals surface area contributed by atoms with Crippen LogP contribution in [0.4, 0.5) is 11.4 Å². The van der Waals surface area contributed by atoms with E-state index in [9.17, 15) is 13.0 Å². The van der Waals surface area contributed by atoms with Crippen LogP contribution in [0.2, 0.25) is 0 Å². The van der Waals surface area contributed by atoms with Crippen molar-refractivity contribution in [1.82, 2.24) is 0 Å². The first-order chi connectivity index (χ1) is 13.5. The van der Waals surface area contributed by atoms with Crippen LogP contribution in [0.5, 0.6) is 0 Å². The average Bonchev–Trinajstić information content (AvgIpc) is 3.05. The van der Waals surface area contributed by atoms with Crippen molar-refractivity contribution in [2.45, 2.75) is 102 Å². The molecule has 0 saturated heterocycles. The fraction of sp³-hybridized carbons (Fsp3) is 0.727. The van der Waals surface area contributed by atoms with Crippen molar-refractivity contribution in [1.29, 1.82) is 0 Å². The van der Waals surface area contributed by atoms with Crippen molar-refractivity contribution in [3.63, 3.8) is 0 Å². The Bertz CT molecular complexity index is 657. The molecule has 5 nitrogen and oxygen atoms in total. The summed E-state index contributed by atoms with van der Waals surface area (Å²) >= 11 is 0. The van der Waals surface area contributed by atoms with Crippen molar-refractivity contribution in [3.05, 3.63) is 24.3 Å². The van der Waals surface area contributed by atoms with E-state index >= 15 is 0 Å². The van der Waals surface area contributed by atoms with Gasteiger partial charge in [0.1, 0.15) is 10.1 Å². The molecule has 0 amide bonds. The topological polar surface area (TPSA) is 81.3 Å². The van der Waals surface area contributed by atoms with E-state index in [1.54, 1.807) is 12.1 Å². The summed E-state index contributed by atoms with van der Waals surface area (Å²) in [6.45, 7) is 2.25. The molecule has 1 heterocycles. The number of hydrogen-bond donors (Lipinski definition) is 2. The Kier molecular flexibility index (Phi) is 13.6. The molecule has 0 aromatic heterocycles. The molecule has 0 unspecified atom stereocenters. The van der Waals surface area contributed by atoms with Crippen molar-refractivity contribution in [2.24, 2.45) is 0 Å². The van der Waals surface area contributed by atoms with E-state index in [0.29, 0.717) is 17.8 Å². The van der Waals surface area contributed by atoms with E-state index in [1.165, 1.54) is 64.2 Å². The van der Waals surface area contributed by atoms with Crippen LogP contribution in [-0.2, 0) is 10.1 Å². The second-order valence-electron chi connectivity index (χ2n) is 8.07. The summed E-state index contributed by atoms with van der Waals surface area (Å²) in [6.07, 6.45) is 16.3. The van der Waals surface area contributed by atoms with E-state index in [4.69, 9.17) is 0 Å². The number of benzene rings is 1. The zero-order chi connectivity index (χ0) is 20.3. The molecule has 7 heteroatoms. The van der Waals surface area contributed by atoms with Crippen LogP contribution < -0.4 is 62.0 Å². The Morgan fingerprint density at radius 2 is 1.14 bits per heavy atom. The first kappa shape index (κ1) is 27.4. The van der Waals surface area contributed by atoms with Gasteiger partial charge in [-0.2, -0.15) is 0 Å². The Morgan fingerprint density at radius 3 is 1.52 bits per heavy atom. The smallest absolute Gasteiger partial charge is 0.745 e. The molecule has 0 aliphatic carbocycles. The number of unbranched alkanes of at least 4 members (excludes halogenated alkanes) is 12. The van der Waals surface area contributed by atoms with Gasteiger partial charge in [-0.3, -0.25) is 0 Å². The molecule has 1 aromatic carbocycles. The number of anilines is 2. The van der Waals surface area contributed by atoms with Gasteiger partial charge < -0.3 is 15.2 Å². The predicted molar refractivity (Wildman–Crippen MR) is 116 cm³/mol. The van der Waals surface area contributed by atoms with Crippen LogP contribution >= 0.6 is 0 Å². The van der Waals surface area contributed by atoms with Gasteiger partial charge >= 0.3 is 51.4 Å². The molecule has 160 valence electrons. The molecule has 1 aliphatic rings. The monoisotopic (exact) mass is 448 g/mol. The third-order valence-corrected chi connectivity index (χ3v) is 6.92. The number of hydrogen-bond acceptors (Lipinski definition) is 5. The molecule has 29 heavy (non-hydrogen) atoms. The van der Waals surface area contributed by atoms with Gasteiger partial charge in [-0.05, 0) is 18.6 Å². The zero-order valence-electron chi connectivity index (χ0n) is 18.3. The molecule has 0 radical (unpaired) electrons. The number of rotatable bonds is 15. The minimum Gasteiger partial charge on any atom is -0.745 e. The summed E-state index contributed by atoms with van der Waals surface area (Å²) in [5, 5.41) is 5.84. The van der Waals surface area contributed by atoms with Crippen LogP contribution in [0.15, 0.2) is 24.3 Å². The first-order valence-corrected chi connectivity index (χ1v) is 12.5. The molecule has 0 saturated carbocycles. The maximum Gasteiger partial charge on any atom is 1.00 e. The number of para-hydroxylation sites is 2.